The summed E-state index contributed by atoms with van der Waals surface area (Å²) in [5.74, 6) is -3.00. The molecular formula is C26H22F4N6O6S. The van der Waals surface area contributed by atoms with Crippen molar-refractivity contribution < 1.29 is 40.4 Å². The molecule has 17 heteroatoms. The number of primary sulfonamides is 1. The van der Waals surface area contributed by atoms with Crippen molar-refractivity contribution >= 4 is 21.7 Å². The first kappa shape index (κ1) is 29.8. The lowest BCUT2D eigenvalue weighted by atomic mass is 9.98. The van der Waals surface area contributed by atoms with Crippen LogP contribution in [-0.4, -0.2) is 66.5 Å². The molecule has 0 aliphatic carbocycles. The maximum absolute atomic E-state index is 14.0. The Kier molecular flexibility index (Phi) is 7.78. The minimum atomic E-state index is -4.96. The van der Waals surface area contributed by atoms with Crippen molar-refractivity contribution in [3.8, 4) is 22.4 Å². The third-order valence-corrected chi connectivity index (χ3v) is 7.74. The SMILES string of the molecule is NS(=O)(=O)c1ccc(-c2c(-c3ccc(F)cc3)nc(C(F)(F)F)nc2N2CCN(C(=O)C3=CCC([N+](=O)[O-])O3)CC2)cc1. The van der Waals surface area contributed by atoms with Crippen LogP contribution in [0.5, 0.6) is 0 Å². The highest BCUT2D eigenvalue weighted by Gasteiger charge is 2.39. The fourth-order valence-corrected chi connectivity index (χ4v) is 5.21. The number of amides is 1. The Bertz CT molecular complexity index is 1710. The molecule has 12 nitrogen and oxygen atoms in total. The number of alkyl halides is 3. The van der Waals surface area contributed by atoms with E-state index in [-0.39, 0.29) is 71.5 Å². The minimum Gasteiger partial charge on any atom is -0.424 e. The number of carbonyl (C=O) groups excluding carboxylic acids is 1. The zero-order chi connectivity index (χ0) is 31.1. The summed E-state index contributed by atoms with van der Waals surface area (Å²) in [5.41, 5.74) is 0.315. The number of rotatable bonds is 6. The molecule has 2 aliphatic heterocycles. The Labute approximate surface area is 241 Å². The normalized spacial score (nSPS) is 17.4. The summed E-state index contributed by atoms with van der Waals surface area (Å²) in [6.45, 7) is 0.0572. The minimum absolute atomic E-state index is 0.0110. The second kappa shape index (κ2) is 11.2. The lowest BCUT2D eigenvalue weighted by Gasteiger charge is -2.36. The van der Waals surface area contributed by atoms with Gasteiger partial charge in [-0.2, -0.15) is 13.2 Å². The molecule has 43 heavy (non-hydrogen) atoms. The molecule has 0 radical (unpaired) electrons. The van der Waals surface area contributed by atoms with E-state index >= 15 is 0 Å². The first-order chi connectivity index (χ1) is 20.2. The maximum atomic E-state index is 14.0. The number of anilines is 1. The molecule has 0 spiro atoms. The monoisotopic (exact) mass is 622 g/mol. The number of sulfonamides is 1. The highest BCUT2D eigenvalue weighted by Crippen LogP contribution is 2.41. The second-order valence-electron chi connectivity index (χ2n) is 9.61. The Morgan fingerprint density at radius 2 is 1.60 bits per heavy atom. The van der Waals surface area contributed by atoms with Crippen LogP contribution in [0.1, 0.15) is 12.2 Å². The summed E-state index contributed by atoms with van der Waals surface area (Å²) in [6.07, 6.45) is -5.08. The Balaban J connectivity index is 1.56. The molecule has 2 aliphatic rings. The van der Waals surface area contributed by atoms with Gasteiger partial charge >= 0.3 is 12.4 Å². The fourth-order valence-electron chi connectivity index (χ4n) is 4.69. The molecule has 0 bridgehead atoms. The molecule has 1 saturated heterocycles. The molecule has 1 unspecified atom stereocenters. The third kappa shape index (κ3) is 6.26. The van der Waals surface area contributed by atoms with E-state index in [9.17, 15) is 40.9 Å². The van der Waals surface area contributed by atoms with Gasteiger partial charge in [-0.25, -0.2) is 27.9 Å². The number of piperazine rings is 1. The smallest absolute Gasteiger partial charge is 0.424 e. The van der Waals surface area contributed by atoms with Gasteiger partial charge < -0.3 is 14.5 Å². The average molecular weight is 623 g/mol. The number of nitrogens with two attached hydrogens (primary N) is 1. The van der Waals surface area contributed by atoms with Gasteiger partial charge in [-0.1, -0.05) is 12.1 Å². The van der Waals surface area contributed by atoms with E-state index in [1.807, 2.05) is 0 Å². The highest BCUT2D eigenvalue weighted by molar-refractivity contribution is 7.89. The molecule has 226 valence electrons. The van der Waals surface area contributed by atoms with Gasteiger partial charge in [0.25, 0.3) is 5.91 Å². The first-order valence-electron chi connectivity index (χ1n) is 12.7. The van der Waals surface area contributed by atoms with Gasteiger partial charge in [0.2, 0.25) is 15.8 Å². The number of benzene rings is 2. The molecule has 2 aromatic carbocycles. The number of hydrogen-bond acceptors (Lipinski definition) is 9. The van der Waals surface area contributed by atoms with Crippen molar-refractivity contribution in [1.82, 2.24) is 14.9 Å². The Hall–Kier alpha value is -4.64. The lowest BCUT2D eigenvalue weighted by Crippen LogP contribution is -2.49. The van der Waals surface area contributed by atoms with Crippen molar-refractivity contribution in [2.24, 2.45) is 5.14 Å². The topological polar surface area (TPSA) is 162 Å². The summed E-state index contributed by atoms with van der Waals surface area (Å²) in [6, 6.07) is 9.70. The molecular weight excluding hydrogens is 600 g/mol. The zero-order valence-electron chi connectivity index (χ0n) is 22.0. The summed E-state index contributed by atoms with van der Waals surface area (Å²) >= 11 is 0. The van der Waals surface area contributed by atoms with Crippen molar-refractivity contribution in [2.75, 3.05) is 31.1 Å². The summed E-state index contributed by atoms with van der Waals surface area (Å²) < 4.78 is 84.6. The third-order valence-electron chi connectivity index (χ3n) is 6.81. The molecule has 1 fully saturated rings. The summed E-state index contributed by atoms with van der Waals surface area (Å²) in [7, 11) is -4.08. The van der Waals surface area contributed by atoms with Crippen molar-refractivity contribution in [2.45, 2.75) is 23.7 Å². The number of nitro groups is 1. The van der Waals surface area contributed by atoms with Crippen LogP contribution in [0.15, 0.2) is 65.3 Å². The van der Waals surface area contributed by atoms with Crippen LogP contribution in [0.4, 0.5) is 23.4 Å². The van der Waals surface area contributed by atoms with Gasteiger partial charge in [-0.05, 0) is 48.0 Å². The van der Waals surface area contributed by atoms with Crippen LogP contribution >= 0.6 is 0 Å². The summed E-state index contributed by atoms with van der Waals surface area (Å²) in [5, 5.41) is 16.2. The van der Waals surface area contributed by atoms with Crippen LogP contribution in [0.25, 0.3) is 22.4 Å². The number of aromatic nitrogens is 2. The van der Waals surface area contributed by atoms with Crippen LogP contribution in [-0.2, 0) is 25.7 Å². The highest BCUT2D eigenvalue weighted by atomic mass is 32.2. The van der Waals surface area contributed by atoms with Gasteiger partial charge in [-0.15, -0.1) is 0 Å². The van der Waals surface area contributed by atoms with Crippen molar-refractivity contribution in [3.05, 3.63) is 82.1 Å². The van der Waals surface area contributed by atoms with Crippen LogP contribution < -0.4 is 10.0 Å². The molecule has 1 atom stereocenters. The maximum Gasteiger partial charge on any atom is 0.451 e. The van der Waals surface area contributed by atoms with Gasteiger partial charge in [-0.3, -0.25) is 14.9 Å². The van der Waals surface area contributed by atoms with Crippen molar-refractivity contribution in [3.63, 3.8) is 0 Å². The predicted octanol–water partition coefficient (Wildman–Crippen LogP) is 3.17. The predicted molar refractivity (Wildman–Crippen MR) is 143 cm³/mol. The number of hydrogen-bond donors (Lipinski definition) is 1. The van der Waals surface area contributed by atoms with E-state index in [2.05, 4.69) is 9.97 Å². The van der Waals surface area contributed by atoms with Crippen LogP contribution in [0, 0.1) is 15.9 Å². The average Bonchev–Trinajstić information content (AvgIpc) is 3.47. The lowest BCUT2D eigenvalue weighted by molar-refractivity contribution is -0.566. The van der Waals surface area contributed by atoms with E-state index in [0.717, 1.165) is 12.1 Å². The van der Waals surface area contributed by atoms with Crippen molar-refractivity contribution in [1.29, 1.82) is 0 Å². The van der Waals surface area contributed by atoms with Crippen LogP contribution in [0.2, 0.25) is 0 Å². The van der Waals surface area contributed by atoms with Gasteiger partial charge in [0.1, 0.15) is 11.6 Å². The number of nitrogens with zero attached hydrogens (tertiary/aromatic N) is 5. The van der Waals surface area contributed by atoms with E-state index in [1.54, 1.807) is 0 Å². The quantitative estimate of drug-likeness (QED) is 0.247. The molecule has 1 aromatic heterocycles. The van der Waals surface area contributed by atoms with Crippen LogP contribution in [0.3, 0.4) is 0 Å². The van der Waals surface area contributed by atoms with Gasteiger partial charge in [0.15, 0.2) is 5.76 Å². The number of carbonyl (C=O) groups is 1. The van der Waals surface area contributed by atoms with E-state index in [4.69, 9.17) is 9.88 Å². The van der Waals surface area contributed by atoms with E-state index < -0.39 is 44.9 Å². The summed E-state index contributed by atoms with van der Waals surface area (Å²) in [4.78, 5) is 33.5. The largest absolute Gasteiger partial charge is 0.451 e. The Morgan fingerprint density at radius 1 is 1.00 bits per heavy atom. The number of ether oxygens (including phenoxy) is 1. The van der Waals surface area contributed by atoms with E-state index in [0.29, 0.717) is 0 Å². The molecule has 5 rings (SSSR count). The fraction of sp³-hybridized carbons (Fsp3) is 0.269. The Morgan fingerprint density at radius 3 is 2.14 bits per heavy atom. The van der Waals surface area contributed by atoms with Gasteiger partial charge in [0, 0.05) is 31.7 Å². The molecule has 2 N–H and O–H groups in total. The second-order valence-corrected chi connectivity index (χ2v) is 11.2. The van der Waals surface area contributed by atoms with E-state index in [1.165, 1.54) is 52.3 Å². The van der Waals surface area contributed by atoms with Gasteiger partial charge in [0.05, 0.1) is 27.5 Å². The first-order valence-corrected chi connectivity index (χ1v) is 14.2. The molecule has 0 saturated carbocycles. The number of halogens is 4. The molecule has 3 aromatic rings. The zero-order valence-corrected chi connectivity index (χ0v) is 22.8. The molecule has 3 heterocycles. The molecule has 1 amide bonds. The standard InChI is InChI=1S/C26H22F4N6O6S/c27-17-5-1-16(2-6-17)22-21(15-3-7-18(8-4-15)43(31,40)41)23(33-25(32-22)26(28,29)30)34-11-13-35(14-12-34)24(37)19-9-10-20(42-19)36(38)39/h1-9,20H,10-14H2,(H2,31,40,41).